The summed E-state index contributed by atoms with van der Waals surface area (Å²) in [6.07, 6.45) is 1.55. The number of amides is 2. The maximum absolute atomic E-state index is 12.2. The van der Waals surface area contributed by atoms with E-state index in [0.717, 1.165) is 5.75 Å². The summed E-state index contributed by atoms with van der Waals surface area (Å²) in [4.78, 5) is 25.8. The zero-order valence-corrected chi connectivity index (χ0v) is 16.1. The second kappa shape index (κ2) is 10.1. The van der Waals surface area contributed by atoms with Crippen LogP contribution in [0.3, 0.4) is 0 Å². The highest BCUT2D eigenvalue weighted by atomic mass is 16.5. The van der Waals surface area contributed by atoms with Crippen LogP contribution in [0.5, 0.6) is 11.5 Å². The van der Waals surface area contributed by atoms with E-state index in [1.165, 1.54) is 0 Å². The zero-order valence-electron chi connectivity index (χ0n) is 16.1. The standard InChI is InChI=1S/C22H23N3O4/c1-25(15-21(26)23-14-20-8-5-13-28-20)16-22(27)24-17-9-11-19(12-10-17)29-18-6-3-2-4-7-18/h2-13H,14-16H2,1H3,(H,23,26)(H,24,27). The summed E-state index contributed by atoms with van der Waals surface area (Å²) in [7, 11) is 1.71. The molecule has 0 aliphatic rings. The minimum absolute atomic E-state index is 0.0937. The van der Waals surface area contributed by atoms with Crippen LogP contribution in [0.1, 0.15) is 5.76 Å². The summed E-state index contributed by atoms with van der Waals surface area (Å²) in [6, 6.07) is 20.1. The van der Waals surface area contributed by atoms with Gasteiger partial charge in [-0.25, -0.2) is 0 Å². The molecule has 0 bridgehead atoms. The normalized spacial score (nSPS) is 10.6. The molecule has 7 nitrogen and oxygen atoms in total. The van der Waals surface area contributed by atoms with E-state index in [0.29, 0.717) is 23.7 Å². The lowest BCUT2D eigenvalue weighted by Crippen LogP contribution is -2.38. The highest BCUT2D eigenvalue weighted by Gasteiger charge is 2.11. The Morgan fingerprint density at radius 1 is 0.897 bits per heavy atom. The minimum atomic E-state index is -0.205. The molecular weight excluding hydrogens is 370 g/mol. The number of furan rings is 1. The fraction of sp³-hybridized carbons (Fsp3) is 0.182. The number of hydrogen-bond donors (Lipinski definition) is 2. The third-order valence-electron chi connectivity index (χ3n) is 3.98. The topological polar surface area (TPSA) is 83.8 Å². The number of carbonyl (C=O) groups is 2. The Labute approximate surface area is 169 Å². The van der Waals surface area contributed by atoms with E-state index in [4.69, 9.17) is 9.15 Å². The van der Waals surface area contributed by atoms with E-state index >= 15 is 0 Å². The van der Waals surface area contributed by atoms with Crippen molar-refractivity contribution in [1.82, 2.24) is 10.2 Å². The van der Waals surface area contributed by atoms with Gasteiger partial charge in [0.25, 0.3) is 0 Å². The van der Waals surface area contributed by atoms with Gasteiger partial charge in [0.2, 0.25) is 11.8 Å². The number of nitrogens with one attached hydrogen (secondary N) is 2. The molecule has 1 heterocycles. The summed E-state index contributed by atoms with van der Waals surface area (Å²) in [5.74, 6) is 1.72. The van der Waals surface area contributed by atoms with Crippen molar-refractivity contribution in [1.29, 1.82) is 0 Å². The van der Waals surface area contributed by atoms with Gasteiger partial charge in [0.1, 0.15) is 17.3 Å². The summed E-state index contributed by atoms with van der Waals surface area (Å²) >= 11 is 0. The van der Waals surface area contributed by atoms with Gasteiger partial charge in [0, 0.05) is 5.69 Å². The van der Waals surface area contributed by atoms with Gasteiger partial charge in [-0.3, -0.25) is 14.5 Å². The molecule has 0 atom stereocenters. The highest BCUT2D eigenvalue weighted by Crippen LogP contribution is 2.22. The summed E-state index contributed by atoms with van der Waals surface area (Å²) < 4.78 is 10.9. The van der Waals surface area contributed by atoms with Crippen LogP contribution in [0.25, 0.3) is 0 Å². The van der Waals surface area contributed by atoms with E-state index in [1.54, 1.807) is 54.6 Å². The summed E-state index contributed by atoms with van der Waals surface area (Å²) in [6.45, 7) is 0.525. The van der Waals surface area contributed by atoms with Crippen LogP contribution < -0.4 is 15.4 Å². The molecule has 0 saturated heterocycles. The summed E-state index contributed by atoms with van der Waals surface area (Å²) in [5.41, 5.74) is 0.658. The quantitative estimate of drug-likeness (QED) is 0.583. The molecule has 1 aromatic heterocycles. The molecule has 2 N–H and O–H groups in total. The molecule has 7 heteroatoms. The van der Waals surface area contributed by atoms with E-state index in [2.05, 4.69) is 10.6 Å². The Morgan fingerprint density at radius 3 is 2.28 bits per heavy atom. The number of ether oxygens (including phenoxy) is 1. The van der Waals surface area contributed by atoms with E-state index in [1.807, 2.05) is 30.3 Å². The monoisotopic (exact) mass is 393 g/mol. The molecule has 0 aliphatic carbocycles. The van der Waals surface area contributed by atoms with Gasteiger partial charge in [0.15, 0.2) is 0 Å². The lowest BCUT2D eigenvalue weighted by atomic mass is 10.3. The molecular formula is C22H23N3O4. The number of para-hydroxylation sites is 1. The maximum atomic E-state index is 12.2. The number of likely N-dealkylation sites (N-methyl/N-ethyl adjacent to an activating group) is 1. The minimum Gasteiger partial charge on any atom is -0.467 e. The molecule has 150 valence electrons. The Hall–Kier alpha value is -3.58. The predicted octanol–water partition coefficient (Wildman–Crippen LogP) is 3.26. The van der Waals surface area contributed by atoms with Crippen molar-refractivity contribution < 1.29 is 18.7 Å². The summed E-state index contributed by atoms with van der Waals surface area (Å²) in [5, 5.41) is 5.55. The second-order valence-corrected chi connectivity index (χ2v) is 6.52. The highest BCUT2D eigenvalue weighted by molar-refractivity contribution is 5.92. The van der Waals surface area contributed by atoms with Crippen molar-refractivity contribution >= 4 is 17.5 Å². The number of rotatable bonds is 9. The average Bonchev–Trinajstić information content (AvgIpc) is 3.22. The van der Waals surface area contributed by atoms with Gasteiger partial charge >= 0.3 is 0 Å². The van der Waals surface area contributed by atoms with Crippen molar-refractivity contribution in [2.24, 2.45) is 0 Å². The number of anilines is 1. The number of hydrogen-bond acceptors (Lipinski definition) is 5. The fourth-order valence-electron chi connectivity index (χ4n) is 2.63. The largest absolute Gasteiger partial charge is 0.467 e. The van der Waals surface area contributed by atoms with Crippen LogP contribution in [0.4, 0.5) is 5.69 Å². The van der Waals surface area contributed by atoms with Gasteiger partial charge in [-0.2, -0.15) is 0 Å². The van der Waals surface area contributed by atoms with E-state index < -0.39 is 0 Å². The van der Waals surface area contributed by atoms with Crippen molar-refractivity contribution in [3.8, 4) is 11.5 Å². The van der Waals surface area contributed by atoms with Crippen LogP contribution >= 0.6 is 0 Å². The maximum Gasteiger partial charge on any atom is 0.238 e. The zero-order chi connectivity index (χ0) is 20.5. The lowest BCUT2D eigenvalue weighted by Gasteiger charge is -2.16. The lowest BCUT2D eigenvalue weighted by molar-refractivity contribution is -0.123. The Kier molecular flexibility index (Phi) is 7.02. The van der Waals surface area contributed by atoms with Crippen LogP contribution in [-0.2, 0) is 16.1 Å². The number of benzene rings is 2. The molecule has 29 heavy (non-hydrogen) atoms. The first kappa shape index (κ1) is 20.2. The van der Waals surface area contributed by atoms with Crippen molar-refractivity contribution in [2.75, 3.05) is 25.5 Å². The predicted molar refractivity (Wildman–Crippen MR) is 110 cm³/mol. The van der Waals surface area contributed by atoms with Crippen LogP contribution in [0.15, 0.2) is 77.4 Å². The van der Waals surface area contributed by atoms with Crippen molar-refractivity contribution in [3.05, 3.63) is 78.8 Å². The van der Waals surface area contributed by atoms with Crippen LogP contribution in [0, 0.1) is 0 Å². The first-order valence-corrected chi connectivity index (χ1v) is 9.19. The van der Waals surface area contributed by atoms with Gasteiger partial charge in [0.05, 0.1) is 25.9 Å². The van der Waals surface area contributed by atoms with E-state index in [9.17, 15) is 9.59 Å². The SMILES string of the molecule is CN(CC(=O)NCc1ccco1)CC(=O)Nc1ccc(Oc2ccccc2)cc1. The van der Waals surface area contributed by atoms with Gasteiger partial charge in [-0.1, -0.05) is 18.2 Å². The van der Waals surface area contributed by atoms with Crippen molar-refractivity contribution in [2.45, 2.75) is 6.54 Å². The molecule has 0 fully saturated rings. The molecule has 3 aromatic rings. The molecule has 0 unspecified atom stereocenters. The second-order valence-electron chi connectivity index (χ2n) is 6.52. The number of nitrogens with zero attached hydrogens (tertiary/aromatic N) is 1. The Bertz CT molecular complexity index is 909. The molecule has 2 aromatic carbocycles. The van der Waals surface area contributed by atoms with Gasteiger partial charge < -0.3 is 19.8 Å². The van der Waals surface area contributed by atoms with E-state index in [-0.39, 0.29) is 24.9 Å². The first-order valence-electron chi connectivity index (χ1n) is 9.19. The Morgan fingerprint density at radius 2 is 1.59 bits per heavy atom. The molecule has 0 radical (unpaired) electrons. The third-order valence-corrected chi connectivity index (χ3v) is 3.98. The average molecular weight is 393 g/mol. The van der Waals surface area contributed by atoms with Crippen LogP contribution in [0.2, 0.25) is 0 Å². The fourth-order valence-corrected chi connectivity index (χ4v) is 2.63. The van der Waals surface area contributed by atoms with Gasteiger partial charge in [-0.05, 0) is 55.6 Å². The Balaban J connectivity index is 1.40. The first-order chi connectivity index (χ1) is 14.1. The van der Waals surface area contributed by atoms with Crippen LogP contribution in [-0.4, -0.2) is 36.9 Å². The molecule has 0 aliphatic heterocycles. The van der Waals surface area contributed by atoms with Crippen molar-refractivity contribution in [3.63, 3.8) is 0 Å². The smallest absolute Gasteiger partial charge is 0.238 e. The molecule has 2 amide bonds. The molecule has 3 rings (SSSR count). The number of carbonyl (C=O) groups excluding carboxylic acids is 2. The third kappa shape index (κ3) is 6.82. The molecule has 0 spiro atoms. The molecule has 0 saturated carbocycles. The van der Waals surface area contributed by atoms with Gasteiger partial charge in [-0.15, -0.1) is 0 Å².